The molecule has 0 atom stereocenters. The molecular formula is C17H13N5S3. The van der Waals surface area contributed by atoms with Crippen LogP contribution in [0.2, 0.25) is 0 Å². The van der Waals surface area contributed by atoms with E-state index in [4.69, 9.17) is 5.26 Å². The molecule has 0 spiro atoms. The van der Waals surface area contributed by atoms with Gasteiger partial charge in [0.05, 0.1) is 16.3 Å². The summed E-state index contributed by atoms with van der Waals surface area (Å²) in [6, 6.07) is 13.7. The number of amidine groups is 1. The topological polar surface area (TPSA) is 74.0 Å². The number of hydrogen-bond acceptors (Lipinski definition) is 7. The molecule has 0 aliphatic rings. The Morgan fingerprint density at radius 3 is 2.76 bits per heavy atom. The average Bonchev–Trinajstić information content (AvgIpc) is 3.18. The lowest BCUT2D eigenvalue weighted by atomic mass is 10.3. The minimum Gasteiger partial charge on any atom is -0.271 e. The van der Waals surface area contributed by atoms with Gasteiger partial charge < -0.3 is 0 Å². The summed E-state index contributed by atoms with van der Waals surface area (Å²) >= 11 is 4.55. The van der Waals surface area contributed by atoms with E-state index < -0.39 is 0 Å². The molecule has 0 aliphatic carbocycles. The summed E-state index contributed by atoms with van der Waals surface area (Å²) in [5, 5.41) is 14.5. The van der Waals surface area contributed by atoms with Crippen LogP contribution in [0.5, 0.6) is 0 Å². The molecule has 8 heteroatoms. The van der Waals surface area contributed by atoms with Gasteiger partial charge in [-0.15, -0.1) is 11.3 Å². The molecule has 2 heterocycles. The number of aliphatic imine (C=N–C) groups is 1. The van der Waals surface area contributed by atoms with Crippen molar-refractivity contribution >= 4 is 45.7 Å². The molecule has 0 saturated carbocycles. The minimum atomic E-state index is 0.565. The Hall–Kier alpha value is -2.34. The molecule has 0 fully saturated rings. The van der Waals surface area contributed by atoms with Gasteiger partial charge in [-0.2, -0.15) is 5.26 Å². The first-order valence-electron chi connectivity index (χ1n) is 7.21. The molecule has 1 aromatic carbocycles. The smallest absolute Gasteiger partial charge is 0.192 e. The Labute approximate surface area is 158 Å². The first-order chi connectivity index (χ1) is 12.3. The summed E-state index contributed by atoms with van der Waals surface area (Å²) in [4.78, 5) is 15.5. The molecule has 0 unspecified atom stereocenters. The Bertz CT molecular complexity index is 899. The highest BCUT2D eigenvalue weighted by Gasteiger charge is 2.05. The van der Waals surface area contributed by atoms with Gasteiger partial charge >= 0.3 is 0 Å². The number of nitrogens with one attached hydrogen (secondary N) is 1. The third-order valence-corrected chi connectivity index (χ3v) is 5.40. The molecule has 0 radical (unpaired) electrons. The maximum absolute atomic E-state index is 8.67. The van der Waals surface area contributed by atoms with Crippen molar-refractivity contribution in [1.82, 2.24) is 15.3 Å². The van der Waals surface area contributed by atoms with Crippen molar-refractivity contribution in [2.75, 3.05) is 6.26 Å². The van der Waals surface area contributed by atoms with Crippen LogP contribution in [0.15, 0.2) is 69.1 Å². The molecule has 124 valence electrons. The molecule has 3 rings (SSSR count). The molecule has 0 bridgehead atoms. The maximum atomic E-state index is 8.67. The predicted molar refractivity (Wildman–Crippen MR) is 105 cm³/mol. The highest BCUT2D eigenvalue weighted by Crippen LogP contribution is 2.29. The van der Waals surface area contributed by atoms with Crippen LogP contribution in [0.1, 0.15) is 0 Å². The van der Waals surface area contributed by atoms with Crippen molar-refractivity contribution in [3.8, 4) is 16.8 Å². The highest BCUT2D eigenvalue weighted by atomic mass is 32.2. The average molecular weight is 384 g/mol. The van der Waals surface area contributed by atoms with Gasteiger partial charge in [0.2, 0.25) is 0 Å². The van der Waals surface area contributed by atoms with Crippen LogP contribution >= 0.6 is 34.9 Å². The van der Waals surface area contributed by atoms with Crippen molar-refractivity contribution < 1.29 is 0 Å². The van der Waals surface area contributed by atoms with E-state index >= 15 is 0 Å². The van der Waals surface area contributed by atoms with E-state index in [1.54, 1.807) is 17.5 Å². The van der Waals surface area contributed by atoms with Crippen molar-refractivity contribution in [2.45, 2.75) is 10.1 Å². The number of hydrogen-bond donors (Lipinski definition) is 1. The number of nitriles is 1. The van der Waals surface area contributed by atoms with E-state index in [0.717, 1.165) is 21.2 Å². The molecule has 3 aromatic rings. The molecule has 1 N–H and O–H groups in total. The van der Waals surface area contributed by atoms with Gasteiger partial charge in [-0.1, -0.05) is 17.8 Å². The summed E-state index contributed by atoms with van der Waals surface area (Å²) in [7, 11) is 0. The van der Waals surface area contributed by atoms with Crippen LogP contribution in [0.4, 0.5) is 5.69 Å². The Kier molecular flexibility index (Phi) is 6.06. The van der Waals surface area contributed by atoms with E-state index in [0.29, 0.717) is 10.3 Å². The summed E-state index contributed by atoms with van der Waals surface area (Å²) in [5.74, 6) is 0. The number of rotatable bonds is 4. The van der Waals surface area contributed by atoms with E-state index in [-0.39, 0.29) is 0 Å². The number of thiophene rings is 1. The third-order valence-electron chi connectivity index (χ3n) is 3.04. The van der Waals surface area contributed by atoms with E-state index in [9.17, 15) is 0 Å². The van der Waals surface area contributed by atoms with E-state index in [2.05, 4.69) is 20.3 Å². The fourth-order valence-corrected chi connectivity index (χ4v) is 3.72. The minimum absolute atomic E-state index is 0.565. The zero-order valence-corrected chi connectivity index (χ0v) is 15.7. The molecular weight excluding hydrogens is 370 g/mol. The van der Waals surface area contributed by atoms with Gasteiger partial charge in [-0.05, 0) is 59.8 Å². The first-order valence-corrected chi connectivity index (χ1v) is 10.1. The summed E-state index contributed by atoms with van der Waals surface area (Å²) in [6.07, 6.45) is 5.52. The van der Waals surface area contributed by atoms with Gasteiger partial charge in [-0.3, -0.25) is 5.32 Å². The van der Waals surface area contributed by atoms with Crippen molar-refractivity contribution in [3.05, 3.63) is 54.0 Å². The molecule has 0 amide bonds. The van der Waals surface area contributed by atoms with Crippen LogP contribution in [-0.2, 0) is 0 Å². The largest absolute Gasteiger partial charge is 0.271 e. The highest BCUT2D eigenvalue weighted by molar-refractivity contribution is 8.13. The SMILES string of the molecule is CSC(=Nc1ccc(Sc2nccc(-c3cccs3)n2)cc1)NC#N. The first kappa shape index (κ1) is 17.5. The Morgan fingerprint density at radius 2 is 2.08 bits per heavy atom. The lowest BCUT2D eigenvalue weighted by Crippen LogP contribution is -2.12. The van der Waals surface area contributed by atoms with E-state index in [1.807, 2.05) is 60.3 Å². The standard InChI is InChI=1S/C17H13N5S3/c1-23-16(20-11-18)21-12-4-6-13(7-5-12)25-17-19-9-8-14(22-17)15-3-2-10-24-15/h2-10H,1H3,(H,20,21). The molecule has 5 nitrogen and oxygen atoms in total. The van der Waals surface area contributed by atoms with Crippen molar-refractivity contribution in [1.29, 1.82) is 5.26 Å². The lowest BCUT2D eigenvalue weighted by molar-refractivity contribution is 0.974. The molecule has 0 aliphatic heterocycles. The summed E-state index contributed by atoms with van der Waals surface area (Å²) < 4.78 is 0. The van der Waals surface area contributed by atoms with Gasteiger partial charge in [-0.25, -0.2) is 15.0 Å². The zero-order chi connectivity index (χ0) is 17.5. The third kappa shape index (κ3) is 4.82. The molecule has 0 saturated heterocycles. The second-order valence-corrected chi connectivity index (χ2v) is 7.44. The van der Waals surface area contributed by atoms with Gasteiger partial charge in [0, 0.05) is 11.1 Å². The second kappa shape index (κ2) is 8.67. The monoisotopic (exact) mass is 383 g/mol. The van der Waals surface area contributed by atoms with Crippen LogP contribution in [0, 0.1) is 11.5 Å². The van der Waals surface area contributed by atoms with Crippen molar-refractivity contribution in [2.24, 2.45) is 4.99 Å². The summed E-state index contributed by atoms with van der Waals surface area (Å²) in [5.41, 5.74) is 1.71. The Morgan fingerprint density at radius 1 is 1.24 bits per heavy atom. The van der Waals surface area contributed by atoms with Crippen LogP contribution in [0.25, 0.3) is 10.6 Å². The molecule has 25 heavy (non-hydrogen) atoms. The number of benzene rings is 1. The van der Waals surface area contributed by atoms with Gasteiger partial charge in [0.1, 0.15) is 0 Å². The molecule has 2 aromatic heterocycles. The van der Waals surface area contributed by atoms with Crippen LogP contribution in [0.3, 0.4) is 0 Å². The second-order valence-electron chi connectivity index (χ2n) is 4.66. The fourth-order valence-electron chi connectivity index (χ4n) is 1.94. The number of thioether (sulfide) groups is 1. The normalized spacial score (nSPS) is 11.1. The zero-order valence-electron chi connectivity index (χ0n) is 13.2. The summed E-state index contributed by atoms with van der Waals surface area (Å²) in [6.45, 7) is 0. The number of aromatic nitrogens is 2. The Balaban J connectivity index is 1.74. The van der Waals surface area contributed by atoms with Crippen LogP contribution < -0.4 is 5.32 Å². The fraction of sp³-hybridized carbons (Fsp3) is 0.0588. The maximum Gasteiger partial charge on any atom is 0.192 e. The van der Waals surface area contributed by atoms with Gasteiger partial charge in [0.15, 0.2) is 16.5 Å². The quantitative estimate of drug-likeness (QED) is 0.230. The number of nitrogens with zero attached hydrogens (tertiary/aromatic N) is 4. The van der Waals surface area contributed by atoms with Crippen molar-refractivity contribution in [3.63, 3.8) is 0 Å². The van der Waals surface area contributed by atoms with Gasteiger partial charge in [0.25, 0.3) is 0 Å². The van der Waals surface area contributed by atoms with Crippen LogP contribution in [-0.4, -0.2) is 21.4 Å². The lowest BCUT2D eigenvalue weighted by Gasteiger charge is -2.03. The predicted octanol–water partition coefficient (Wildman–Crippen LogP) is 4.78. The van der Waals surface area contributed by atoms with E-state index in [1.165, 1.54) is 23.5 Å².